The van der Waals surface area contributed by atoms with Crippen LogP contribution in [-0.4, -0.2) is 24.1 Å². The van der Waals surface area contributed by atoms with E-state index < -0.39 is 0 Å². The first-order chi connectivity index (χ1) is 17.6. The molecule has 0 saturated carbocycles. The summed E-state index contributed by atoms with van der Waals surface area (Å²) in [6.45, 7) is 0. The predicted octanol–water partition coefficient (Wildman–Crippen LogP) is 5.54. The van der Waals surface area contributed by atoms with E-state index in [1.807, 2.05) is 71.3 Å². The second-order valence-electron chi connectivity index (χ2n) is 8.23. The van der Waals surface area contributed by atoms with Crippen LogP contribution >= 0.6 is 11.6 Å². The maximum Gasteiger partial charge on any atom is 0.286 e. The van der Waals surface area contributed by atoms with Crippen LogP contribution in [-0.2, 0) is 0 Å². The van der Waals surface area contributed by atoms with E-state index in [1.165, 1.54) is 0 Å². The summed E-state index contributed by atoms with van der Waals surface area (Å²) in [5.74, 6) is 0.490. The summed E-state index contributed by atoms with van der Waals surface area (Å²) in [6.07, 6.45) is 3.25. The second kappa shape index (κ2) is 8.79. The van der Waals surface area contributed by atoms with Crippen molar-refractivity contribution >= 4 is 28.5 Å². The van der Waals surface area contributed by atoms with Crippen molar-refractivity contribution in [1.82, 2.24) is 24.1 Å². The molecule has 2 N–H and O–H groups in total. The van der Waals surface area contributed by atoms with E-state index in [-0.39, 0.29) is 11.1 Å². The van der Waals surface area contributed by atoms with E-state index in [0.717, 1.165) is 22.5 Å². The molecule has 174 valence electrons. The monoisotopic (exact) mass is 490 g/mol. The number of aromatic nitrogens is 5. The number of hydrogen-bond acceptors (Lipinski definition) is 5. The number of halogens is 1. The van der Waals surface area contributed by atoms with E-state index in [0.29, 0.717) is 27.9 Å². The largest absolute Gasteiger partial charge is 0.397 e. The first-order valence-electron chi connectivity index (χ1n) is 11.2. The second-order valence-corrected chi connectivity index (χ2v) is 8.67. The van der Waals surface area contributed by atoms with Crippen LogP contribution in [0.3, 0.4) is 0 Å². The van der Waals surface area contributed by atoms with Crippen molar-refractivity contribution in [3.8, 4) is 34.0 Å². The third kappa shape index (κ3) is 3.81. The molecule has 8 heteroatoms. The van der Waals surface area contributed by atoms with Gasteiger partial charge in [-0.2, -0.15) is 0 Å². The van der Waals surface area contributed by atoms with E-state index in [1.54, 1.807) is 41.4 Å². The number of nitrogens with zero attached hydrogens (tertiary/aromatic N) is 5. The van der Waals surface area contributed by atoms with E-state index in [4.69, 9.17) is 22.3 Å². The van der Waals surface area contributed by atoms with Gasteiger partial charge in [0.05, 0.1) is 23.3 Å². The Hall–Kier alpha value is -4.75. The standard InChI is InChI=1S/C28H19ClN6O/c29-20-10-13-23(14-11-20)35-26(19-8-6-18(7-9-19)24-15-12-21(30)16-31-24)33-27-25(28(35)36)32-17-34(27)22-4-2-1-3-5-22/h1-17H,30H2. The van der Waals surface area contributed by atoms with Gasteiger partial charge in [0, 0.05) is 21.8 Å². The molecule has 3 aromatic heterocycles. The molecule has 0 aliphatic rings. The molecule has 3 heterocycles. The van der Waals surface area contributed by atoms with Crippen LogP contribution < -0.4 is 11.3 Å². The lowest BCUT2D eigenvalue weighted by Crippen LogP contribution is -2.22. The Morgan fingerprint density at radius 2 is 1.47 bits per heavy atom. The molecule has 3 aromatic carbocycles. The van der Waals surface area contributed by atoms with E-state index in [2.05, 4.69) is 9.97 Å². The highest BCUT2D eigenvalue weighted by atomic mass is 35.5. The van der Waals surface area contributed by atoms with Gasteiger partial charge < -0.3 is 5.73 Å². The number of imidazole rings is 1. The summed E-state index contributed by atoms with van der Waals surface area (Å²) < 4.78 is 3.39. The number of hydrogen-bond donors (Lipinski definition) is 1. The summed E-state index contributed by atoms with van der Waals surface area (Å²) in [4.78, 5) is 27.5. The predicted molar refractivity (Wildman–Crippen MR) is 143 cm³/mol. The zero-order chi connectivity index (χ0) is 24.6. The molecule has 0 amide bonds. The third-order valence-electron chi connectivity index (χ3n) is 5.92. The fourth-order valence-corrected chi connectivity index (χ4v) is 4.25. The van der Waals surface area contributed by atoms with Crippen LogP contribution in [0.1, 0.15) is 0 Å². The van der Waals surface area contributed by atoms with Crippen molar-refractivity contribution in [3.63, 3.8) is 0 Å². The van der Waals surface area contributed by atoms with Gasteiger partial charge in [0.1, 0.15) is 12.2 Å². The van der Waals surface area contributed by atoms with Crippen molar-refractivity contribution in [2.45, 2.75) is 0 Å². The number of pyridine rings is 1. The van der Waals surface area contributed by atoms with E-state index >= 15 is 0 Å². The lowest BCUT2D eigenvalue weighted by Gasteiger charge is -2.14. The molecule has 0 unspecified atom stereocenters. The van der Waals surface area contributed by atoms with Gasteiger partial charge in [-0.05, 0) is 48.5 Å². The van der Waals surface area contributed by atoms with Crippen molar-refractivity contribution in [3.05, 3.63) is 119 Å². The maximum absolute atomic E-state index is 13.8. The zero-order valence-corrected chi connectivity index (χ0v) is 19.7. The summed E-state index contributed by atoms with van der Waals surface area (Å²) in [6, 6.07) is 28.2. The number of anilines is 1. The van der Waals surface area contributed by atoms with Crippen LogP contribution in [0.4, 0.5) is 5.69 Å². The molecular weight excluding hydrogens is 472 g/mol. The third-order valence-corrected chi connectivity index (χ3v) is 6.17. The number of benzene rings is 3. The van der Waals surface area contributed by atoms with Gasteiger partial charge in [-0.3, -0.25) is 18.9 Å². The molecule has 36 heavy (non-hydrogen) atoms. The van der Waals surface area contributed by atoms with Gasteiger partial charge in [-0.25, -0.2) is 9.97 Å². The SMILES string of the molecule is Nc1ccc(-c2ccc(-c3nc4c(ncn4-c4ccccc4)c(=O)n3-c3ccc(Cl)cc3)cc2)nc1. The summed E-state index contributed by atoms with van der Waals surface area (Å²) in [5.41, 5.74) is 10.9. The van der Waals surface area contributed by atoms with Crippen molar-refractivity contribution in [2.24, 2.45) is 0 Å². The number of nitrogens with two attached hydrogens (primary N) is 1. The van der Waals surface area contributed by atoms with Crippen LogP contribution in [0, 0.1) is 0 Å². The van der Waals surface area contributed by atoms with Gasteiger partial charge in [-0.15, -0.1) is 0 Å². The highest BCUT2D eigenvalue weighted by molar-refractivity contribution is 6.30. The minimum Gasteiger partial charge on any atom is -0.397 e. The van der Waals surface area contributed by atoms with Crippen molar-refractivity contribution in [2.75, 3.05) is 5.73 Å². The number of para-hydroxylation sites is 1. The Morgan fingerprint density at radius 3 is 2.17 bits per heavy atom. The Morgan fingerprint density at radius 1 is 0.750 bits per heavy atom. The molecule has 0 radical (unpaired) electrons. The zero-order valence-electron chi connectivity index (χ0n) is 18.9. The van der Waals surface area contributed by atoms with Gasteiger partial charge >= 0.3 is 0 Å². The van der Waals surface area contributed by atoms with Crippen LogP contribution in [0.25, 0.3) is 45.2 Å². The Labute approximate surface area is 211 Å². The molecule has 6 rings (SSSR count). The molecular formula is C28H19ClN6O. The van der Waals surface area contributed by atoms with Crippen molar-refractivity contribution in [1.29, 1.82) is 0 Å². The molecule has 7 nitrogen and oxygen atoms in total. The average Bonchev–Trinajstić information content (AvgIpc) is 3.35. The van der Waals surface area contributed by atoms with Crippen LogP contribution in [0.2, 0.25) is 5.02 Å². The van der Waals surface area contributed by atoms with Crippen LogP contribution in [0.5, 0.6) is 0 Å². The lowest BCUT2D eigenvalue weighted by atomic mass is 10.1. The average molecular weight is 491 g/mol. The Balaban J connectivity index is 1.57. The quantitative estimate of drug-likeness (QED) is 0.350. The molecule has 0 bridgehead atoms. The normalized spacial score (nSPS) is 11.1. The van der Waals surface area contributed by atoms with Crippen molar-refractivity contribution < 1.29 is 0 Å². The number of nitrogen functional groups attached to an aromatic ring is 1. The van der Waals surface area contributed by atoms with Gasteiger partial charge in [0.15, 0.2) is 11.2 Å². The molecule has 0 atom stereocenters. The fourth-order valence-electron chi connectivity index (χ4n) is 4.12. The van der Waals surface area contributed by atoms with Gasteiger partial charge in [-0.1, -0.05) is 54.1 Å². The summed E-state index contributed by atoms with van der Waals surface area (Å²) in [7, 11) is 0. The highest BCUT2D eigenvalue weighted by Crippen LogP contribution is 2.27. The lowest BCUT2D eigenvalue weighted by molar-refractivity contribution is 0.962. The molecule has 0 spiro atoms. The molecule has 0 aliphatic carbocycles. The summed E-state index contributed by atoms with van der Waals surface area (Å²) >= 11 is 6.11. The maximum atomic E-state index is 13.8. The first-order valence-corrected chi connectivity index (χ1v) is 11.6. The Kier molecular flexibility index (Phi) is 5.32. The summed E-state index contributed by atoms with van der Waals surface area (Å²) in [5, 5.41) is 0.580. The smallest absolute Gasteiger partial charge is 0.286 e. The molecule has 0 fully saturated rings. The highest BCUT2D eigenvalue weighted by Gasteiger charge is 2.19. The van der Waals surface area contributed by atoms with E-state index in [9.17, 15) is 4.79 Å². The van der Waals surface area contributed by atoms with Crippen LogP contribution in [0.15, 0.2) is 108 Å². The number of rotatable bonds is 4. The topological polar surface area (TPSA) is 91.6 Å². The Bertz CT molecular complexity index is 1740. The molecule has 6 aromatic rings. The molecule has 0 saturated heterocycles. The number of fused-ring (bicyclic) bond motifs is 1. The minimum atomic E-state index is -0.267. The first kappa shape index (κ1) is 21.8. The van der Waals surface area contributed by atoms with Gasteiger partial charge in [0.2, 0.25) is 0 Å². The molecule has 0 aliphatic heterocycles. The fraction of sp³-hybridized carbons (Fsp3) is 0. The minimum absolute atomic E-state index is 0.267. The van der Waals surface area contributed by atoms with Gasteiger partial charge in [0.25, 0.3) is 5.56 Å².